The van der Waals surface area contributed by atoms with Crippen LogP contribution in [0, 0.1) is 5.92 Å². The predicted octanol–water partition coefficient (Wildman–Crippen LogP) is 1.48. The first-order valence-electron chi connectivity index (χ1n) is 8.10. The third kappa shape index (κ3) is 4.69. The first kappa shape index (κ1) is 15.1. The molecule has 0 atom stereocenters. The van der Waals surface area contributed by atoms with Crippen molar-refractivity contribution in [2.24, 2.45) is 16.6 Å². The van der Waals surface area contributed by atoms with Gasteiger partial charge in [-0.2, -0.15) is 0 Å². The van der Waals surface area contributed by atoms with Crippen LogP contribution in [0.4, 0.5) is 0 Å². The third-order valence-electron chi connectivity index (χ3n) is 4.31. The molecule has 1 saturated heterocycles. The van der Waals surface area contributed by atoms with Gasteiger partial charge in [0.05, 0.1) is 0 Å². The highest BCUT2D eigenvalue weighted by Gasteiger charge is 2.24. The van der Waals surface area contributed by atoms with Gasteiger partial charge in [-0.3, -0.25) is 9.79 Å². The topological polar surface area (TPSA) is 70.7 Å². The maximum absolute atomic E-state index is 11.6. The summed E-state index contributed by atoms with van der Waals surface area (Å²) >= 11 is 0. The summed E-state index contributed by atoms with van der Waals surface area (Å²) in [7, 11) is 0. The molecule has 2 aliphatic rings. The molecule has 1 aliphatic heterocycles. The lowest BCUT2D eigenvalue weighted by molar-refractivity contribution is -0.127. The summed E-state index contributed by atoms with van der Waals surface area (Å²) in [5, 5.41) is 2.99. The van der Waals surface area contributed by atoms with Crippen molar-refractivity contribution >= 4 is 11.9 Å². The zero-order chi connectivity index (χ0) is 14.2. The van der Waals surface area contributed by atoms with Gasteiger partial charge < -0.3 is 16.0 Å². The number of nitrogens with zero attached hydrogens (tertiary/aromatic N) is 2. The molecule has 5 heteroatoms. The van der Waals surface area contributed by atoms with Crippen molar-refractivity contribution in [2.45, 2.75) is 51.4 Å². The Kier molecular flexibility index (Phi) is 6.15. The number of nitrogens with one attached hydrogen (secondary N) is 1. The van der Waals surface area contributed by atoms with Crippen LogP contribution in [0.1, 0.15) is 51.4 Å². The van der Waals surface area contributed by atoms with Gasteiger partial charge >= 0.3 is 0 Å². The Morgan fingerprint density at radius 1 is 1.15 bits per heavy atom. The van der Waals surface area contributed by atoms with E-state index in [1.165, 1.54) is 32.1 Å². The fraction of sp³-hybridized carbons (Fsp3) is 0.867. The molecule has 0 radical (unpaired) electrons. The number of hydrogen-bond donors (Lipinski definition) is 2. The highest BCUT2D eigenvalue weighted by Crippen LogP contribution is 2.25. The van der Waals surface area contributed by atoms with Gasteiger partial charge in [0.25, 0.3) is 0 Å². The average Bonchev–Trinajstić information content (AvgIpc) is 2.64. The maximum atomic E-state index is 11.6. The molecule has 0 unspecified atom stereocenters. The van der Waals surface area contributed by atoms with E-state index < -0.39 is 0 Å². The van der Waals surface area contributed by atoms with Crippen molar-refractivity contribution in [1.29, 1.82) is 0 Å². The lowest BCUT2D eigenvalue weighted by atomic mass is 9.85. The molecule has 1 saturated carbocycles. The summed E-state index contributed by atoms with van der Waals surface area (Å²) < 4.78 is 0. The monoisotopic (exact) mass is 280 g/mol. The molecule has 0 bridgehead atoms. The quantitative estimate of drug-likeness (QED) is 0.455. The Morgan fingerprint density at radius 3 is 2.45 bits per heavy atom. The SMILES string of the molecule is NC(=NCCCNC(=O)C1CCC1)N1CCCCCC1. The number of hydrogen-bond acceptors (Lipinski definition) is 2. The van der Waals surface area contributed by atoms with Crippen molar-refractivity contribution in [3.63, 3.8) is 0 Å². The van der Waals surface area contributed by atoms with Crippen LogP contribution in [-0.2, 0) is 4.79 Å². The van der Waals surface area contributed by atoms with Crippen LogP contribution in [0.15, 0.2) is 4.99 Å². The number of amides is 1. The van der Waals surface area contributed by atoms with Gasteiger partial charge in [0.1, 0.15) is 0 Å². The van der Waals surface area contributed by atoms with E-state index in [1.807, 2.05) is 0 Å². The number of likely N-dealkylation sites (tertiary alicyclic amines) is 1. The van der Waals surface area contributed by atoms with Crippen LogP contribution in [-0.4, -0.2) is 42.9 Å². The standard InChI is InChI=1S/C15H28N4O/c16-15(19-11-3-1-2-4-12-19)18-10-6-9-17-14(20)13-7-5-8-13/h13H,1-12H2,(H2,16,18)(H,17,20). The molecule has 2 rings (SSSR count). The van der Waals surface area contributed by atoms with Gasteiger partial charge in [0.2, 0.25) is 5.91 Å². The van der Waals surface area contributed by atoms with E-state index in [4.69, 9.17) is 5.73 Å². The maximum Gasteiger partial charge on any atom is 0.223 e. The minimum atomic E-state index is 0.223. The molecule has 5 nitrogen and oxygen atoms in total. The molecule has 114 valence electrons. The van der Waals surface area contributed by atoms with Crippen LogP contribution in [0.25, 0.3) is 0 Å². The van der Waals surface area contributed by atoms with Crippen LogP contribution < -0.4 is 11.1 Å². The van der Waals surface area contributed by atoms with Crippen molar-refractivity contribution in [3.05, 3.63) is 0 Å². The van der Waals surface area contributed by atoms with E-state index in [2.05, 4.69) is 15.2 Å². The zero-order valence-corrected chi connectivity index (χ0v) is 12.4. The molecule has 20 heavy (non-hydrogen) atoms. The molecule has 1 heterocycles. The first-order chi connectivity index (χ1) is 9.77. The van der Waals surface area contributed by atoms with Gasteiger partial charge in [0.15, 0.2) is 5.96 Å². The zero-order valence-electron chi connectivity index (χ0n) is 12.4. The number of guanidine groups is 1. The van der Waals surface area contributed by atoms with Crippen LogP contribution in [0.3, 0.4) is 0 Å². The lowest BCUT2D eigenvalue weighted by Gasteiger charge is -2.24. The second kappa shape index (κ2) is 8.12. The summed E-state index contributed by atoms with van der Waals surface area (Å²) in [5.41, 5.74) is 6.03. The Labute approximate surface area is 122 Å². The van der Waals surface area contributed by atoms with Gasteiger partial charge in [-0.25, -0.2) is 0 Å². The average molecular weight is 280 g/mol. The Bertz CT molecular complexity index is 331. The van der Waals surface area contributed by atoms with Gasteiger partial charge in [-0.1, -0.05) is 19.3 Å². The normalized spacial score (nSPS) is 21.2. The summed E-state index contributed by atoms with van der Waals surface area (Å²) in [6.45, 7) is 3.49. The molecule has 2 fully saturated rings. The van der Waals surface area contributed by atoms with Crippen molar-refractivity contribution in [3.8, 4) is 0 Å². The summed E-state index contributed by atoms with van der Waals surface area (Å²) in [6.07, 6.45) is 9.23. The summed E-state index contributed by atoms with van der Waals surface area (Å²) in [6, 6.07) is 0. The van der Waals surface area contributed by atoms with Crippen molar-refractivity contribution < 1.29 is 4.79 Å². The van der Waals surface area contributed by atoms with Crippen LogP contribution >= 0.6 is 0 Å². The van der Waals surface area contributed by atoms with Crippen molar-refractivity contribution in [1.82, 2.24) is 10.2 Å². The molecular formula is C15H28N4O. The lowest BCUT2D eigenvalue weighted by Crippen LogP contribution is -2.38. The van der Waals surface area contributed by atoms with E-state index >= 15 is 0 Å². The minimum absolute atomic E-state index is 0.223. The summed E-state index contributed by atoms with van der Waals surface area (Å²) in [4.78, 5) is 18.3. The molecule has 1 aliphatic carbocycles. The highest BCUT2D eigenvalue weighted by molar-refractivity contribution is 5.79. The number of carbonyl (C=O) groups is 1. The molecule has 0 spiro atoms. The molecule has 0 aromatic carbocycles. The number of carbonyl (C=O) groups excluding carboxylic acids is 1. The number of nitrogens with two attached hydrogens (primary N) is 1. The van der Waals surface area contributed by atoms with Crippen LogP contribution in [0.2, 0.25) is 0 Å². The molecule has 0 aromatic heterocycles. The van der Waals surface area contributed by atoms with Gasteiger partial charge in [-0.05, 0) is 32.1 Å². The molecule has 1 amide bonds. The highest BCUT2D eigenvalue weighted by atomic mass is 16.1. The number of rotatable bonds is 5. The first-order valence-corrected chi connectivity index (χ1v) is 8.10. The van der Waals surface area contributed by atoms with Gasteiger partial charge in [-0.15, -0.1) is 0 Å². The van der Waals surface area contributed by atoms with E-state index in [1.54, 1.807) is 0 Å². The predicted molar refractivity (Wildman–Crippen MR) is 81.5 cm³/mol. The van der Waals surface area contributed by atoms with Gasteiger partial charge in [0, 0.05) is 32.1 Å². The Balaban J connectivity index is 1.58. The van der Waals surface area contributed by atoms with E-state index in [9.17, 15) is 4.79 Å². The van der Waals surface area contributed by atoms with Crippen molar-refractivity contribution in [2.75, 3.05) is 26.2 Å². The smallest absolute Gasteiger partial charge is 0.223 e. The molecule has 3 N–H and O–H groups in total. The van der Waals surface area contributed by atoms with E-state index in [0.717, 1.165) is 32.4 Å². The minimum Gasteiger partial charge on any atom is -0.370 e. The third-order valence-corrected chi connectivity index (χ3v) is 4.31. The van der Waals surface area contributed by atoms with E-state index in [-0.39, 0.29) is 11.8 Å². The van der Waals surface area contributed by atoms with Crippen LogP contribution in [0.5, 0.6) is 0 Å². The second-order valence-electron chi connectivity index (χ2n) is 5.91. The number of aliphatic imine (C=N–C) groups is 1. The Morgan fingerprint density at radius 2 is 1.85 bits per heavy atom. The second-order valence-corrected chi connectivity index (χ2v) is 5.91. The summed E-state index contributed by atoms with van der Waals surface area (Å²) in [5.74, 6) is 1.18. The fourth-order valence-electron chi connectivity index (χ4n) is 2.70. The Hall–Kier alpha value is -1.26. The van der Waals surface area contributed by atoms with E-state index in [0.29, 0.717) is 19.0 Å². The largest absolute Gasteiger partial charge is 0.370 e. The molecule has 0 aromatic rings. The fourth-order valence-corrected chi connectivity index (χ4v) is 2.70. The molecular weight excluding hydrogens is 252 g/mol.